The van der Waals surface area contributed by atoms with Gasteiger partial charge in [0.2, 0.25) is 0 Å². The summed E-state index contributed by atoms with van der Waals surface area (Å²) in [6.45, 7) is 4.46. The highest BCUT2D eigenvalue weighted by Crippen LogP contribution is 2.22. The molecule has 1 aliphatic heterocycles. The first kappa shape index (κ1) is 11.1. The largest absolute Gasteiger partial charge is 0.382 e. The van der Waals surface area contributed by atoms with Gasteiger partial charge in [-0.1, -0.05) is 6.42 Å². The van der Waals surface area contributed by atoms with Crippen molar-refractivity contribution in [3.63, 3.8) is 0 Å². The van der Waals surface area contributed by atoms with Crippen LogP contribution in [-0.2, 0) is 0 Å². The molecule has 0 bridgehead atoms. The van der Waals surface area contributed by atoms with Crippen LogP contribution >= 0.6 is 0 Å². The molecule has 1 aromatic heterocycles. The van der Waals surface area contributed by atoms with Crippen LogP contribution in [0.15, 0.2) is 12.1 Å². The molecule has 5 nitrogen and oxygen atoms in total. The number of nitrogens with zero attached hydrogens (tertiary/aromatic N) is 3. The zero-order valence-electron chi connectivity index (χ0n) is 9.85. The fraction of sp³-hybridized carbons (Fsp3) is 0.636. The van der Waals surface area contributed by atoms with Gasteiger partial charge in [-0.05, 0) is 38.8 Å². The van der Waals surface area contributed by atoms with E-state index >= 15 is 0 Å². The zero-order valence-corrected chi connectivity index (χ0v) is 9.85. The molecule has 1 fully saturated rings. The number of hydrogen-bond acceptors (Lipinski definition) is 5. The third-order valence-corrected chi connectivity index (χ3v) is 3.12. The summed E-state index contributed by atoms with van der Waals surface area (Å²) < 4.78 is 0. The predicted octanol–water partition coefficient (Wildman–Crippen LogP) is 1.65. The van der Waals surface area contributed by atoms with Gasteiger partial charge < -0.3 is 11.2 Å². The summed E-state index contributed by atoms with van der Waals surface area (Å²) in [5, 5.41) is 10.1. The Bertz CT molecular complexity index is 327. The van der Waals surface area contributed by atoms with Crippen molar-refractivity contribution >= 4 is 11.6 Å². The number of anilines is 2. The summed E-state index contributed by atoms with van der Waals surface area (Å²) in [6, 6.07) is 4.68. The van der Waals surface area contributed by atoms with Crippen LogP contribution in [0.3, 0.4) is 0 Å². The van der Waals surface area contributed by atoms with E-state index < -0.39 is 0 Å². The van der Waals surface area contributed by atoms with Crippen LogP contribution in [0.4, 0.5) is 11.6 Å². The summed E-state index contributed by atoms with van der Waals surface area (Å²) >= 11 is 0. The maximum absolute atomic E-state index is 5.50. The Hall–Kier alpha value is -1.36. The smallest absolute Gasteiger partial charge is 0.163 e. The van der Waals surface area contributed by atoms with E-state index in [9.17, 15) is 0 Å². The Balaban J connectivity index is 2.04. The van der Waals surface area contributed by atoms with E-state index in [4.69, 9.17) is 5.73 Å². The highest BCUT2D eigenvalue weighted by atomic mass is 15.6. The van der Waals surface area contributed by atoms with E-state index in [2.05, 4.69) is 34.5 Å². The van der Waals surface area contributed by atoms with E-state index in [1.165, 1.54) is 19.3 Å². The molecule has 2 rings (SSSR count). The van der Waals surface area contributed by atoms with Gasteiger partial charge in [-0.2, -0.15) is 0 Å². The molecule has 88 valence electrons. The average Bonchev–Trinajstić information content (AvgIpc) is 2.26. The molecule has 16 heavy (non-hydrogen) atoms. The van der Waals surface area contributed by atoms with Crippen LogP contribution in [0.5, 0.6) is 0 Å². The molecule has 0 spiro atoms. The third-order valence-electron chi connectivity index (χ3n) is 3.12. The number of aromatic nitrogens is 2. The van der Waals surface area contributed by atoms with Crippen molar-refractivity contribution in [2.75, 3.05) is 11.2 Å². The zero-order chi connectivity index (χ0) is 11.5. The summed E-state index contributed by atoms with van der Waals surface area (Å²) in [5.74, 6) is 1.21. The number of hydrazine groups is 1. The second-order valence-electron chi connectivity index (χ2n) is 4.49. The normalized spacial score (nSPS) is 26.6. The lowest BCUT2D eigenvalue weighted by atomic mass is 10.00. The first-order valence-electron chi connectivity index (χ1n) is 5.81. The SMILES string of the molecule is CC1CCCC(C)N1Nc1ccc(N)nn1. The lowest BCUT2D eigenvalue weighted by Crippen LogP contribution is -2.47. The monoisotopic (exact) mass is 221 g/mol. The number of nitrogens with two attached hydrogens (primary N) is 1. The van der Waals surface area contributed by atoms with Crippen molar-refractivity contribution < 1.29 is 0 Å². The van der Waals surface area contributed by atoms with E-state index in [0.717, 1.165) is 5.82 Å². The molecule has 0 saturated carbocycles. The van der Waals surface area contributed by atoms with E-state index in [1.54, 1.807) is 6.07 Å². The van der Waals surface area contributed by atoms with Crippen molar-refractivity contribution in [3.8, 4) is 0 Å². The Kier molecular flexibility index (Phi) is 3.24. The number of nitrogen functional groups attached to an aromatic ring is 1. The summed E-state index contributed by atoms with van der Waals surface area (Å²) in [5.41, 5.74) is 8.81. The number of nitrogens with one attached hydrogen (secondary N) is 1. The van der Waals surface area contributed by atoms with Gasteiger partial charge in [0, 0.05) is 12.1 Å². The van der Waals surface area contributed by atoms with E-state index in [0.29, 0.717) is 17.9 Å². The summed E-state index contributed by atoms with van der Waals surface area (Å²) in [6.07, 6.45) is 3.74. The molecule has 2 heterocycles. The number of rotatable bonds is 2. The Morgan fingerprint density at radius 2 is 1.94 bits per heavy atom. The minimum absolute atomic E-state index is 0.449. The van der Waals surface area contributed by atoms with Gasteiger partial charge in [0.15, 0.2) is 5.82 Å². The molecule has 0 radical (unpaired) electrons. The van der Waals surface area contributed by atoms with Crippen LogP contribution in [0.2, 0.25) is 0 Å². The molecule has 2 unspecified atom stereocenters. The molecule has 0 aromatic carbocycles. The van der Waals surface area contributed by atoms with Crippen molar-refractivity contribution in [2.45, 2.75) is 45.2 Å². The minimum atomic E-state index is 0.449. The van der Waals surface area contributed by atoms with Crippen molar-refractivity contribution in [3.05, 3.63) is 12.1 Å². The fourth-order valence-corrected chi connectivity index (χ4v) is 2.18. The van der Waals surface area contributed by atoms with Gasteiger partial charge in [0.1, 0.15) is 5.82 Å². The van der Waals surface area contributed by atoms with Gasteiger partial charge in [0.25, 0.3) is 0 Å². The average molecular weight is 221 g/mol. The third kappa shape index (κ3) is 2.41. The van der Waals surface area contributed by atoms with Gasteiger partial charge in [-0.3, -0.25) is 0 Å². The first-order valence-corrected chi connectivity index (χ1v) is 5.81. The molecule has 1 saturated heterocycles. The number of hydrogen-bond donors (Lipinski definition) is 2. The molecule has 5 heteroatoms. The maximum atomic E-state index is 5.50. The highest BCUT2D eigenvalue weighted by Gasteiger charge is 2.24. The van der Waals surface area contributed by atoms with Gasteiger partial charge >= 0.3 is 0 Å². The second-order valence-corrected chi connectivity index (χ2v) is 4.49. The van der Waals surface area contributed by atoms with E-state index in [1.807, 2.05) is 6.07 Å². The van der Waals surface area contributed by atoms with Crippen molar-refractivity contribution in [2.24, 2.45) is 0 Å². The van der Waals surface area contributed by atoms with Gasteiger partial charge in [0.05, 0.1) is 0 Å². The molecule has 0 aliphatic carbocycles. The molecular weight excluding hydrogens is 202 g/mol. The Morgan fingerprint density at radius 1 is 1.25 bits per heavy atom. The van der Waals surface area contributed by atoms with E-state index in [-0.39, 0.29) is 0 Å². The van der Waals surface area contributed by atoms with Crippen molar-refractivity contribution in [1.29, 1.82) is 0 Å². The van der Waals surface area contributed by atoms with Crippen molar-refractivity contribution in [1.82, 2.24) is 15.2 Å². The molecule has 3 N–H and O–H groups in total. The maximum Gasteiger partial charge on any atom is 0.163 e. The fourth-order valence-electron chi connectivity index (χ4n) is 2.18. The van der Waals surface area contributed by atoms with Crippen LogP contribution in [0.25, 0.3) is 0 Å². The lowest BCUT2D eigenvalue weighted by molar-refractivity contribution is 0.135. The quantitative estimate of drug-likeness (QED) is 0.794. The Morgan fingerprint density at radius 3 is 2.50 bits per heavy atom. The molecule has 2 atom stereocenters. The second kappa shape index (κ2) is 4.65. The topological polar surface area (TPSA) is 67.1 Å². The minimum Gasteiger partial charge on any atom is -0.382 e. The molecular formula is C11H19N5. The molecule has 1 aromatic rings. The summed E-state index contributed by atoms with van der Waals surface area (Å²) in [7, 11) is 0. The molecule has 1 aliphatic rings. The predicted molar refractivity (Wildman–Crippen MR) is 64.7 cm³/mol. The Labute approximate surface area is 96.0 Å². The number of piperidine rings is 1. The van der Waals surface area contributed by atoms with Crippen LogP contribution in [-0.4, -0.2) is 27.3 Å². The highest BCUT2D eigenvalue weighted by molar-refractivity contribution is 5.37. The lowest BCUT2D eigenvalue weighted by Gasteiger charge is -2.38. The van der Waals surface area contributed by atoms with Crippen LogP contribution in [0, 0.1) is 0 Å². The van der Waals surface area contributed by atoms with Crippen LogP contribution in [0.1, 0.15) is 33.1 Å². The van der Waals surface area contributed by atoms with Crippen LogP contribution < -0.4 is 11.2 Å². The van der Waals surface area contributed by atoms with Gasteiger partial charge in [-0.15, -0.1) is 10.2 Å². The standard InChI is InChI=1S/C11H19N5/c1-8-4-3-5-9(2)16(8)15-11-7-6-10(12)13-14-11/h6-9H,3-5H2,1-2H3,(H2,12,13)(H,14,15). The first-order chi connectivity index (χ1) is 7.66. The molecule has 0 amide bonds. The van der Waals surface area contributed by atoms with Gasteiger partial charge in [-0.25, -0.2) is 5.01 Å². The summed E-state index contributed by atoms with van der Waals surface area (Å²) in [4.78, 5) is 0.